The molecule has 1 amide bonds. The Morgan fingerprint density at radius 3 is 2.70 bits per heavy atom. The Hall–Kier alpha value is -1.62. The molecule has 0 aliphatic carbocycles. The minimum absolute atomic E-state index is 0.0241. The van der Waals surface area contributed by atoms with Gasteiger partial charge in [-0.15, -0.1) is 0 Å². The van der Waals surface area contributed by atoms with E-state index >= 15 is 0 Å². The van der Waals surface area contributed by atoms with Crippen molar-refractivity contribution in [3.63, 3.8) is 0 Å². The van der Waals surface area contributed by atoms with E-state index in [1.807, 2.05) is 38.9 Å². The van der Waals surface area contributed by atoms with Crippen LogP contribution in [0.3, 0.4) is 0 Å². The van der Waals surface area contributed by atoms with Crippen molar-refractivity contribution in [2.75, 3.05) is 24.3 Å². The van der Waals surface area contributed by atoms with Gasteiger partial charge in [0.05, 0.1) is 17.6 Å². The summed E-state index contributed by atoms with van der Waals surface area (Å²) in [5, 5.41) is 2.96. The lowest BCUT2D eigenvalue weighted by atomic mass is 10.0. The molecular weight excluding hydrogens is 252 g/mol. The summed E-state index contributed by atoms with van der Waals surface area (Å²) in [4.78, 5) is 18.2. The minimum Gasteiger partial charge on any atom is -0.376 e. The number of hydrogen-bond donors (Lipinski definition) is 2. The molecule has 2 unspecified atom stereocenters. The Kier molecular flexibility index (Phi) is 6.45. The monoisotopic (exact) mass is 278 g/mol. The molecule has 5 nitrogen and oxygen atoms in total. The third kappa shape index (κ3) is 5.17. The molecule has 112 valence electrons. The fourth-order valence-corrected chi connectivity index (χ4v) is 2.01. The van der Waals surface area contributed by atoms with E-state index in [0.717, 1.165) is 30.6 Å². The molecule has 0 spiro atoms. The molecule has 0 bridgehead atoms. The number of rotatable bonds is 7. The first-order chi connectivity index (χ1) is 9.41. The smallest absolute Gasteiger partial charge is 0.227 e. The molecule has 0 saturated carbocycles. The zero-order valence-corrected chi connectivity index (χ0v) is 12.9. The van der Waals surface area contributed by atoms with Crippen LogP contribution >= 0.6 is 0 Å². The number of hydrogen-bond acceptors (Lipinski definition) is 4. The zero-order chi connectivity index (χ0) is 15.1. The summed E-state index contributed by atoms with van der Waals surface area (Å²) in [5.41, 5.74) is 7.42. The van der Waals surface area contributed by atoms with Crippen LogP contribution in [0, 0.1) is 5.92 Å². The van der Waals surface area contributed by atoms with Gasteiger partial charge in [0.15, 0.2) is 0 Å². The van der Waals surface area contributed by atoms with Crippen LogP contribution in [0.4, 0.5) is 11.4 Å². The number of nitrogens with one attached hydrogen (secondary N) is 1. The molecule has 1 heterocycles. The SMILES string of the molecule is CC(N)CCCC(C)C(=O)Nc1cnccc1N(C)C. The summed E-state index contributed by atoms with van der Waals surface area (Å²) in [7, 11) is 3.88. The summed E-state index contributed by atoms with van der Waals surface area (Å²) in [6, 6.07) is 2.08. The topological polar surface area (TPSA) is 71.2 Å². The van der Waals surface area contributed by atoms with Crippen LogP contribution in [-0.4, -0.2) is 31.0 Å². The maximum absolute atomic E-state index is 12.2. The predicted molar refractivity (Wildman–Crippen MR) is 83.9 cm³/mol. The quantitative estimate of drug-likeness (QED) is 0.802. The highest BCUT2D eigenvalue weighted by Crippen LogP contribution is 2.23. The number of aromatic nitrogens is 1. The number of anilines is 2. The first kappa shape index (κ1) is 16.4. The molecule has 0 aromatic carbocycles. The van der Waals surface area contributed by atoms with Crippen LogP contribution in [0.15, 0.2) is 18.5 Å². The average molecular weight is 278 g/mol. The molecule has 0 saturated heterocycles. The van der Waals surface area contributed by atoms with Crippen LogP contribution in [0.5, 0.6) is 0 Å². The van der Waals surface area contributed by atoms with E-state index in [2.05, 4.69) is 10.3 Å². The number of pyridine rings is 1. The first-order valence-electron chi connectivity index (χ1n) is 7.09. The molecule has 3 N–H and O–H groups in total. The van der Waals surface area contributed by atoms with Crippen molar-refractivity contribution < 1.29 is 4.79 Å². The molecule has 5 heteroatoms. The predicted octanol–water partition coefficient (Wildman–Crippen LogP) is 2.24. The second kappa shape index (κ2) is 7.85. The van der Waals surface area contributed by atoms with E-state index in [1.165, 1.54) is 0 Å². The maximum atomic E-state index is 12.2. The van der Waals surface area contributed by atoms with Crippen LogP contribution in [0.1, 0.15) is 33.1 Å². The third-order valence-electron chi connectivity index (χ3n) is 3.28. The number of nitrogens with zero attached hydrogens (tertiary/aromatic N) is 2. The van der Waals surface area contributed by atoms with Crippen LogP contribution < -0.4 is 16.0 Å². The van der Waals surface area contributed by atoms with E-state index < -0.39 is 0 Å². The second-order valence-electron chi connectivity index (χ2n) is 5.59. The van der Waals surface area contributed by atoms with Gasteiger partial charge in [-0.05, 0) is 25.8 Å². The standard InChI is InChI=1S/C15H26N4O/c1-11(6-5-7-12(2)16)15(20)18-13-10-17-9-8-14(13)19(3)4/h8-12H,5-7,16H2,1-4H3,(H,18,20). The van der Waals surface area contributed by atoms with Gasteiger partial charge in [0.1, 0.15) is 0 Å². The van der Waals surface area contributed by atoms with Crippen molar-refractivity contribution in [3.8, 4) is 0 Å². The molecule has 1 rings (SSSR count). The Morgan fingerprint density at radius 2 is 2.10 bits per heavy atom. The molecule has 0 radical (unpaired) electrons. The fraction of sp³-hybridized carbons (Fsp3) is 0.600. The Balaban J connectivity index is 2.57. The normalized spacial score (nSPS) is 13.7. The number of nitrogens with two attached hydrogens (primary N) is 1. The van der Waals surface area contributed by atoms with Gasteiger partial charge in [0.25, 0.3) is 0 Å². The van der Waals surface area contributed by atoms with Crippen LogP contribution in [-0.2, 0) is 4.79 Å². The van der Waals surface area contributed by atoms with Gasteiger partial charge in [-0.25, -0.2) is 0 Å². The number of carbonyl (C=O) groups is 1. The Bertz CT molecular complexity index is 432. The molecule has 1 aromatic rings. The largest absolute Gasteiger partial charge is 0.376 e. The lowest BCUT2D eigenvalue weighted by Gasteiger charge is -2.19. The molecule has 2 atom stereocenters. The molecule has 0 aliphatic heterocycles. The third-order valence-corrected chi connectivity index (χ3v) is 3.28. The minimum atomic E-state index is -0.0241. The van der Waals surface area contributed by atoms with Crippen molar-refractivity contribution in [1.82, 2.24) is 4.98 Å². The van der Waals surface area contributed by atoms with Gasteiger partial charge in [0.2, 0.25) is 5.91 Å². The van der Waals surface area contributed by atoms with Gasteiger partial charge < -0.3 is 16.0 Å². The summed E-state index contributed by atoms with van der Waals surface area (Å²) in [6.45, 7) is 3.94. The van der Waals surface area contributed by atoms with Crippen molar-refractivity contribution in [3.05, 3.63) is 18.5 Å². The fourth-order valence-electron chi connectivity index (χ4n) is 2.01. The summed E-state index contributed by atoms with van der Waals surface area (Å²) in [5.74, 6) is 0.00902. The summed E-state index contributed by atoms with van der Waals surface area (Å²) >= 11 is 0. The Labute approximate surface area is 121 Å². The van der Waals surface area contributed by atoms with E-state index in [-0.39, 0.29) is 17.9 Å². The van der Waals surface area contributed by atoms with Crippen molar-refractivity contribution in [2.24, 2.45) is 11.7 Å². The lowest BCUT2D eigenvalue weighted by molar-refractivity contribution is -0.119. The van der Waals surface area contributed by atoms with Crippen LogP contribution in [0.25, 0.3) is 0 Å². The highest BCUT2D eigenvalue weighted by molar-refractivity contribution is 5.95. The van der Waals surface area contributed by atoms with Crippen LogP contribution in [0.2, 0.25) is 0 Å². The highest BCUT2D eigenvalue weighted by atomic mass is 16.1. The molecule has 0 fully saturated rings. The second-order valence-corrected chi connectivity index (χ2v) is 5.59. The lowest BCUT2D eigenvalue weighted by Crippen LogP contribution is -2.23. The van der Waals surface area contributed by atoms with Crippen molar-refractivity contribution in [1.29, 1.82) is 0 Å². The Morgan fingerprint density at radius 1 is 1.40 bits per heavy atom. The van der Waals surface area contributed by atoms with E-state index in [9.17, 15) is 4.79 Å². The number of carbonyl (C=O) groups excluding carboxylic acids is 1. The molecule has 0 aliphatic rings. The summed E-state index contributed by atoms with van der Waals surface area (Å²) in [6.07, 6.45) is 6.18. The van der Waals surface area contributed by atoms with Gasteiger partial charge >= 0.3 is 0 Å². The molecule has 20 heavy (non-hydrogen) atoms. The van der Waals surface area contributed by atoms with Gasteiger partial charge in [-0.2, -0.15) is 0 Å². The summed E-state index contributed by atoms with van der Waals surface area (Å²) < 4.78 is 0. The van der Waals surface area contributed by atoms with E-state index in [1.54, 1.807) is 12.4 Å². The first-order valence-corrected chi connectivity index (χ1v) is 7.09. The highest BCUT2D eigenvalue weighted by Gasteiger charge is 2.15. The van der Waals surface area contributed by atoms with Crippen molar-refractivity contribution >= 4 is 17.3 Å². The van der Waals surface area contributed by atoms with Gasteiger partial charge in [-0.1, -0.05) is 13.3 Å². The molecular formula is C15H26N4O. The average Bonchev–Trinajstić information content (AvgIpc) is 2.38. The zero-order valence-electron chi connectivity index (χ0n) is 12.9. The van der Waals surface area contributed by atoms with E-state index in [4.69, 9.17) is 5.73 Å². The van der Waals surface area contributed by atoms with Crippen molar-refractivity contribution in [2.45, 2.75) is 39.2 Å². The van der Waals surface area contributed by atoms with E-state index in [0.29, 0.717) is 0 Å². The van der Waals surface area contributed by atoms with Gasteiger partial charge in [-0.3, -0.25) is 9.78 Å². The molecule has 1 aromatic heterocycles. The van der Waals surface area contributed by atoms with Gasteiger partial charge in [0, 0.05) is 32.3 Å². The maximum Gasteiger partial charge on any atom is 0.227 e. The number of amides is 1.